The molecule has 2 aliphatic heterocycles. The molecule has 0 atom stereocenters. The van der Waals surface area contributed by atoms with Gasteiger partial charge < -0.3 is 15.0 Å². The smallest absolute Gasteiger partial charge is 0.406 e. The highest BCUT2D eigenvalue weighted by Gasteiger charge is 2.31. The molecular formula is C23H29F3N4O2. The van der Waals surface area contributed by atoms with Crippen molar-refractivity contribution in [1.82, 2.24) is 15.1 Å². The third-order valence-electron chi connectivity index (χ3n) is 6.33. The van der Waals surface area contributed by atoms with Crippen LogP contribution >= 0.6 is 0 Å². The number of amides is 1. The fourth-order valence-corrected chi connectivity index (χ4v) is 4.63. The summed E-state index contributed by atoms with van der Waals surface area (Å²) in [6.45, 7) is 5.13. The van der Waals surface area contributed by atoms with Crippen molar-refractivity contribution in [1.29, 1.82) is 0 Å². The number of aromatic nitrogens is 2. The number of nitrogens with zero attached hydrogens (tertiary/aromatic N) is 3. The van der Waals surface area contributed by atoms with Gasteiger partial charge >= 0.3 is 6.36 Å². The zero-order valence-corrected chi connectivity index (χ0v) is 18.2. The molecule has 1 fully saturated rings. The number of benzene rings is 1. The number of rotatable bonds is 6. The van der Waals surface area contributed by atoms with Gasteiger partial charge in [0.1, 0.15) is 5.75 Å². The predicted molar refractivity (Wildman–Crippen MR) is 115 cm³/mol. The summed E-state index contributed by atoms with van der Waals surface area (Å²) in [4.78, 5) is 15.1. The lowest BCUT2D eigenvalue weighted by Crippen LogP contribution is -2.39. The second-order valence-electron chi connectivity index (χ2n) is 8.48. The van der Waals surface area contributed by atoms with Gasteiger partial charge in [-0.1, -0.05) is 6.92 Å². The van der Waals surface area contributed by atoms with Crippen molar-refractivity contribution in [2.75, 3.05) is 24.5 Å². The maximum absolute atomic E-state index is 13.0. The highest BCUT2D eigenvalue weighted by atomic mass is 19.4. The Labute approximate surface area is 185 Å². The first-order chi connectivity index (χ1) is 15.3. The van der Waals surface area contributed by atoms with Crippen molar-refractivity contribution in [3.63, 3.8) is 0 Å². The van der Waals surface area contributed by atoms with Crippen LogP contribution in [0.2, 0.25) is 0 Å². The van der Waals surface area contributed by atoms with Crippen LogP contribution in [0.25, 0.3) is 0 Å². The number of fused-ring (bicyclic) bond motifs is 1. The molecule has 1 aromatic carbocycles. The molecule has 1 saturated heterocycles. The normalized spacial score (nSPS) is 17.2. The Morgan fingerprint density at radius 1 is 1.16 bits per heavy atom. The lowest BCUT2D eigenvalue weighted by molar-refractivity contribution is -0.274. The number of carbonyl (C=O) groups excluding carboxylic acids is 1. The van der Waals surface area contributed by atoms with E-state index in [9.17, 15) is 18.0 Å². The molecule has 6 nitrogen and oxygen atoms in total. The van der Waals surface area contributed by atoms with E-state index in [0.717, 1.165) is 80.8 Å². The number of aryl methyl sites for hydroxylation is 2. The molecule has 0 saturated carbocycles. The summed E-state index contributed by atoms with van der Waals surface area (Å²) in [6.07, 6.45) is 0.988. The Bertz CT molecular complexity index is 932. The molecule has 0 radical (unpaired) electrons. The van der Waals surface area contributed by atoms with Gasteiger partial charge in [-0.05, 0) is 68.7 Å². The Balaban J connectivity index is 1.29. The number of ether oxygens (including phenoxy) is 1. The number of hydrogen-bond acceptors (Lipinski definition) is 4. The molecule has 174 valence electrons. The highest BCUT2D eigenvalue weighted by Crippen LogP contribution is 2.28. The molecule has 0 spiro atoms. The van der Waals surface area contributed by atoms with Crippen LogP contribution in [0.4, 0.5) is 18.9 Å². The molecule has 0 aliphatic carbocycles. The topological polar surface area (TPSA) is 59.4 Å². The van der Waals surface area contributed by atoms with Gasteiger partial charge in [0.2, 0.25) is 0 Å². The van der Waals surface area contributed by atoms with E-state index in [0.29, 0.717) is 12.5 Å². The molecule has 3 heterocycles. The zero-order chi connectivity index (χ0) is 22.7. The lowest BCUT2D eigenvalue weighted by atomic mass is 9.96. The van der Waals surface area contributed by atoms with Gasteiger partial charge in [-0.25, -0.2) is 0 Å². The van der Waals surface area contributed by atoms with Gasteiger partial charge in [-0.15, -0.1) is 13.2 Å². The highest BCUT2D eigenvalue weighted by molar-refractivity contribution is 5.96. The largest absolute Gasteiger partial charge is 0.573 e. The quantitative estimate of drug-likeness (QED) is 0.712. The van der Waals surface area contributed by atoms with Gasteiger partial charge in [-0.2, -0.15) is 5.10 Å². The Morgan fingerprint density at radius 2 is 1.88 bits per heavy atom. The minimum absolute atomic E-state index is 0.0207. The number of carbonyl (C=O) groups is 1. The summed E-state index contributed by atoms with van der Waals surface area (Å²) in [6, 6.07) is 5.98. The Morgan fingerprint density at radius 3 is 2.53 bits per heavy atom. The van der Waals surface area contributed by atoms with Crippen LogP contribution in [0.5, 0.6) is 5.75 Å². The van der Waals surface area contributed by atoms with Crippen molar-refractivity contribution in [2.24, 2.45) is 5.92 Å². The predicted octanol–water partition coefficient (Wildman–Crippen LogP) is 4.33. The third kappa shape index (κ3) is 5.19. The number of nitrogens with one attached hydrogen (secondary N) is 1. The van der Waals surface area contributed by atoms with Crippen LogP contribution < -0.4 is 15.0 Å². The van der Waals surface area contributed by atoms with E-state index < -0.39 is 6.36 Å². The van der Waals surface area contributed by atoms with Gasteiger partial charge in [-0.3, -0.25) is 9.48 Å². The lowest BCUT2D eigenvalue weighted by Gasteiger charge is -2.33. The number of halogens is 3. The van der Waals surface area contributed by atoms with Crippen LogP contribution in [0, 0.1) is 5.92 Å². The number of anilines is 1. The van der Waals surface area contributed by atoms with Crippen LogP contribution in [0.3, 0.4) is 0 Å². The van der Waals surface area contributed by atoms with E-state index in [1.807, 2.05) is 11.6 Å². The molecule has 2 aromatic rings. The van der Waals surface area contributed by atoms with Crippen molar-refractivity contribution < 1.29 is 22.7 Å². The molecule has 0 unspecified atom stereocenters. The number of piperidine rings is 1. The van der Waals surface area contributed by atoms with Crippen LogP contribution in [-0.2, 0) is 19.4 Å². The second-order valence-corrected chi connectivity index (χ2v) is 8.48. The van der Waals surface area contributed by atoms with Gasteiger partial charge in [0, 0.05) is 31.9 Å². The second kappa shape index (κ2) is 9.42. The van der Waals surface area contributed by atoms with Crippen LogP contribution in [0.1, 0.15) is 54.4 Å². The van der Waals surface area contributed by atoms with E-state index in [1.165, 1.54) is 12.1 Å². The monoisotopic (exact) mass is 450 g/mol. The summed E-state index contributed by atoms with van der Waals surface area (Å²) in [5.74, 6) is 0.139. The average Bonchev–Trinajstić information content (AvgIpc) is 3.16. The molecule has 2 aliphatic rings. The molecule has 4 rings (SSSR count). The minimum atomic E-state index is -4.68. The molecule has 9 heteroatoms. The van der Waals surface area contributed by atoms with Crippen molar-refractivity contribution in [3.8, 4) is 5.75 Å². The first-order valence-electron chi connectivity index (χ1n) is 11.3. The molecule has 1 N–H and O–H groups in total. The van der Waals surface area contributed by atoms with E-state index >= 15 is 0 Å². The molecule has 0 bridgehead atoms. The van der Waals surface area contributed by atoms with Crippen LogP contribution in [0.15, 0.2) is 24.3 Å². The third-order valence-corrected chi connectivity index (χ3v) is 6.33. The van der Waals surface area contributed by atoms with Crippen molar-refractivity contribution in [3.05, 3.63) is 41.2 Å². The summed E-state index contributed by atoms with van der Waals surface area (Å²) < 4.78 is 42.9. The first kappa shape index (κ1) is 22.5. The Kier molecular flexibility index (Phi) is 6.62. The van der Waals surface area contributed by atoms with E-state index in [2.05, 4.69) is 20.1 Å². The number of hydrogen-bond donors (Lipinski definition) is 1. The maximum atomic E-state index is 13.0. The van der Waals surface area contributed by atoms with Gasteiger partial charge in [0.05, 0.1) is 17.0 Å². The van der Waals surface area contributed by atoms with Crippen molar-refractivity contribution in [2.45, 2.75) is 58.4 Å². The van der Waals surface area contributed by atoms with Gasteiger partial charge in [0.15, 0.2) is 0 Å². The van der Waals surface area contributed by atoms with Gasteiger partial charge in [0.25, 0.3) is 5.91 Å². The van der Waals surface area contributed by atoms with E-state index in [-0.39, 0.29) is 11.7 Å². The van der Waals surface area contributed by atoms with Crippen molar-refractivity contribution >= 4 is 11.6 Å². The first-order valence-corrected chi connectivity index (χ1v) is 11.3. The van der Waals surface area contributed by atoms with Crippen LogP contribution in [-0.4, -0.2) is 41.7 Å². The summed E-state index contributed by atoms with van der Waals surface area (Å²) in [5, 5.41) is 7.76. The summed E-state index contributed by atoms with van der Waals surface area (Å²) in [5.41, 5.74) is 3.59. The molecular weight excluding hydrogens is 421 g/mol. The Hall–Kier alpha value is -2.71. The zero-order valence-electron chi connectivity index (χ0n) is 18.2. The minimum Gasteiger partial charge on any atom is -0.406 e. The average molecular weight is 451 g/mol. The summed E-state index contributed by atoms with van der Waals surface area (Å²) in [7, 11) is 0. The number of alkyl halides is 3. The fraction of sp³-hybridized carbons (Fsp3) is 0.565. The summed E-state index contributed by atoms with van der Waals surface area (Å²) >= 11 is 0. The molecule has 1 aromatic heterocycles. The van der Waals surface area contributed by atoms with E-state index in [1.54, 1.807) is 12.1 Å². The SMILES string of the molecule is CCc1nn2c(c1C(=O)NCC1CCN(c3ccc(OC(F)(F)F)cc3)CC1)CCCC2. The molecule has 32 heavy (non-hydrogen) atoms. The molecule has 1 amide bonds. The van der Waals surface area contributed by atoms with E-state index in [4.69, 9.17) is 0 Å². The fourth-order valence-electron chi connectivity index (χ4n) is 4.63. The standard InChI is InChI=1S/C23H29F3N4O2/c1-2-19-21(20-5-3-4-12-30(20)28-19)22(31)27-15-16-10-13-29(14-11-16)17-6-8-18(9-7-17)32-23(24,25)26/h6-9,16H,2-5,10-15H2,1H3,(H,27,31). The maximum Gasteiger partial charge on any atom is 0.573 e.